The minimum atomic E-state index is -6.02. The van der Waals surface area contributed by atoms with Crippen LogP contribution in [0.2, 0.25) is 0 Å². The molecule has 0 amide bonds. The van der Waals surface area contributed by atoms with E-state index in [-0.39, 0.29) is 24.2 Å². The maximum Gasteiger partial charge on any atom is 0.534 e. The van der Waals surface area contributed by atoms with E-state index in [9.17, 15) is 26.4 Å². The summed E-state index contributed by atoms with van der Waals surface area (Å²) in [6.45, 7) is 0. The van der Waals surface area contributed by atoms with E-state index in [1.54, 1.807) is 30.3 Å². The van der Waals surface area contributed by atoms with E-state index >= 15 is 0 Å². The Hall–Kier alpha value is -2.80. The molecule has 0 saturated heterocycles. The number of halogens is 4. The molecule has 0 N–H and O–H groups in total. The van der Waals surface area contributed by atoms with E-state index in [4.69, 9.17) is 0 Å². The molecule has 1 aliphatic heterocycles. The summed E-state index contributed by atoms with van der Waals surface area (Å²) in [5.41, 5.74) is -4.58. The molecule has 0 spiro atoms. The first-order chi connectivity index (χ1) is 15.0. The largest absolute Gasteiger partial charge is 0.534 e. The highest BCUT2D eigenvalue weighted by atomic mass is 79.9. The first-order valence-electron chi connectivity index (χ1n) is 8.97. The molecular formula is C19H15BrF3N3O5S. The number of carbonyl (C=O) groups is 1. The molecule has 1 aliphatic rings. The smallest absolute Gasteiger partial charge is 0.469 e. The van der Waals surface area contributed by atoms with E-state index in [1.165, 1.54) is 12.3 Å². The van der Waals surface area contributed by atoms with Gasteiger partial charge in [0.2, 0.25) is 5.90 Å². The lowest BCUT2D eigenvalue weighted by molar-refractivity contribution is -0.140. The second kappa shape index (κ2) is 9.36. The number of aliphatic imine (C=N–C) groups is 2. The van der Waals surface area contributed by atoms with E-state index in [1.807, 2.05) is 0 Å². The predicted octanol–water partition coefficient (Wildman–Crippen LogP) is 3.91. The maximum absolute atomic E-state index is 13.0. The van der Waals surface area contributed by atoms with Gasteiger partial charge in [0, 0.05) is 22.7 Å². The average Bonchev–Trinajstić information content (AvgIpc) is 2.88. The van der Waals surface area contributed by atoms with Crippen molar-refractivity contribution >= 4 is 49.3 Å². The van der Waals surface area contributed by atoms with Gasteiger partial charge in [-0.05, 0) is 36.8 Å². The molecule has 2 heterocycles. The zero-order chi connectivity index (χ0) is 23.5. The van der Waals surface area contributed by atoms with Crippen LogP contribution >= 0.6 is 15.9 Å². The van der Waals surface area contributed by atoms with Crippen molar-refractivity contribution < 1.29 is 35.3 Å². The number of nitrogens with zero attached hydrogens (tertiary/aromatic N) is 3. The number of fused-ring (bicyclic) bond motifs is 1. The Morgan fingerprint density at radius 1 is 1.22 bits per heavy atom. The summed E-state index contributed by atoms with van der Waals surface area (Å²) < 4.78 is 71.9. The fourth-order valence-electron chi connectivity index (χ4n) is 2.75. The van der Waals surface area contributed by atoms with Crippen molar-refractivity contribution in [3.05, 3.63) is 58.3 Å². The van der Waals surface area contributed by atoms with Gasteiger partial charge in [-0.15, -0.1) is 0 Å². The highest BCUT2D eigenvalue weighted by molar-refractivity contribution is 9.10. The Balaban J connectivity index is 2.19. The van der Waals surface area contributed by atoms with Crippen LogP contribution in [0.15, 0.2) is 57.1 Å². The van der Waals surface area contributed by atoms with Gasteiger partial charge in [-0.2, -0.15) is 21.6 Å². The summed E-state index contributed by atoms with van der Waals surface area (Å²) in [4.78, 5) is 24.3. The van der Waals surface area contributed by atoms with E-state index in [2.05, 4.69) is 39.8 Å². The average molecular weight is 534 g/mol. The van der Waals surface area contributed by atoms with Crippen molar-refractivity contribution in [1.82, 2.24) is 4.98 Å². The third kappa shape index (κ3) is 5.33. The molecular weight excluding hydrogens is 519 g/mol. The summed E-state index contributed by atoms with van der Waals surface area (Å²) in [6.07, 6.45) is 1.01. The highest BCUT2D eigenvalue weighted by Gasteiger charge is 2.50. The number of benzene rings is 1. The molecule has 3 rings (SSSR count). The van der Waals surface area contributed by atoms with Crippen molar-refractivity contribution in [2.24, 2.45) is 9.98 Å². The van der Waals surface area contributed by atoms with Crippen LogP contribution in [0.25, 0.3) is 0 Å². The van der Waals surface area contributed by atoms with Crippen LogP contribution in [-0.2, 0) is 23.8 Å². The van der Waals surface area contributed by atoms with Crippen LogP contribution in [0.1, 0.15) is 24.1 Å². The Morgan fingerprint density at radius 3 is 2.59 bits per heavy atom. The molecule has 1 atom stereocenters. The van der Waals surface area contributed by atoms with Gasteiger partial charge in [0.1, 0.15) is 6.04 Å². The van der Waals surface area contributed by atoms with Crippen molar-refractivity contribution in [2.75, 3.05) is 7.11 Å². The van der Waals surface area contributed by atoms with Crippen LogP contribution in [0, 0.1) is 0 Å². The van der Waals surface area contributed by atoms with Gasteiger partial charge in [0.15, 0.2) is 0 Å². The van der Waals surface area contributed by atoms with Crippen LogP contribution < -0.4 is 0 Å². The predicted molar refractivity (Wildman–Crippen MR) is 112 cm³/mol. The highest BCUT2D eigenvalue weighted by Crippen LogP contribution is 2.32. The number of hydrogen-bond donors (Lipinski definition) is 0. The number of methoxy groups -OCH3 is 1. The van der Waals surface area contributed by atoms with Crippen LogP contribution in [0.3, 0.4) is 0 Å². The summed E-state index contributed by atoms with van der Waals surface area (Å²) in [5, 5.41) is 0. The monoisotopic (exact) mass is 533 g/mol. The summed E-state index contributed by atoms with van der Waals surface area (Å²) in [7, 11) is -4.88. The third-order valence-corrected chi connectivity index (χ3v) is 5.70. The quantitative estimate of drug-likeness (QED) is 0.327. The molecule has 13 heteroatoms. The number of carbonyl (C=O) groups excluding carboxylic acids is 1. The number of hydrogen-bond acceptors (Lipinski definition) is 8. The fourth-order valence-corrected chi connectivity index (χ4v) is 3.58. The standard InChI is InChI=1S/C19H15BrF3N3O5S/c1-30-16(27)8-7-15-18(31-32(28,29)19(21,22)23)26-13-6-5-11(20)10-12(13)17(25-15)14-4-2-3-9-24-14/h2-6,9-10,15H,7-8H2,1H3/t15-/m0/s1. The number of esters is 1. The SMILES string of the molecule is COC(=O)CC[C@@H]1N=C(c2ccccn2)c2cc(Br)ccc2N=C1OS(=O)(=O)C(F)(F)F. The molecule has 0 aliphatic carbocycles. The van der Waals surface area contributed by atoms with Crippen LogP contribution in [0.5, 0.6) is 0 Å². The molecule has 0 unspecified atom stereocenters. The van der Waals surface area contributed by atoms with Crippen molar-refractivity contribution in [1.29, 1.82) is 0 Å². The summed E-state index contributed by atoms with van der Waals surface area (Å²) in [6, 6.07) is 8.29. The third-order valence-electron chi connectivity index (χ3n) is 4.25. The molecule has 1 aromatic carbocycles. The Labute approximate surface area is 189 Å². The zero-order valence-electron chi connectivity index (χ0n) is 16.3. The summed E-state index contributed by atoms with van der Waals surface area (Å²) in [5.74, 6) is -1.48. The van der Waals surface area contributed by atoms with Crippen molar-refractivity contribution in [3.63, 3.8) is 0 Å². The Bertz CT molecular complexity index is 1180. The lowest BCUT2D eigenvalue weighted by Crippen LogP contribution is -2.33. The number of ether oxygens (including phenoxy) is 1. The number of alkyl halides is 3. The minimum absolute atomic E-state index is 0.116. The molecule has 0 bridgehead atoms. The summed E-state index contributed by atoms with van der Waals surface area (Å²) >= 11 is 3.32. The van der Waals surface area contributed by atoms with Gasteiger partial charge in [0.05, 0.1) is 24.2 Å². The Morgan fingerprint density at radius 2 is 1.97 bits per heavy atom. The Kier molecular flexibility index (Phi) is 6.98. The number of aromatic nitrogens is 1. The van der Waals surface area contributed by atoms with Crippen molar-refractivity contribution in [2.45, 2.75) is 24.4 Å². The first-order valence-corrected chi connectivity index (χ1v) is 11.2. The van der Waals surface area contributed by atoms with E-state index in [0.717, 1.165) is 7.11 Å². The van der Waals surface area contributed by atoms with Crippen LogP contribution in [0.4, 0.5) is 18.9 Å². The molecule has 2 aromatic rings. The zero-order valence-corrected chi connectivity index (χ0v) is 18.7. The van der Waals surface area contributed by atoms with E-state index < -0.39 is 33.5 Å². The molecule has 0 fully saturated rings. The van der Waals surface area contributed by atoms with Gasteiger partial charge in [-0.1, -0.05) is 22.0 Å². The lowest BCUT2D eigenvalue weighted by atomic mass is 10.0. The number of pyridine rings is 1. The van der Waals surface area contributed by atoms with Crippen molar-refractivity contribution in [3.8, 4) is 0 Å². The molecule has 170 valence electrons. The first kappa shape index (κ1) is 23.9. The maximum atomic E-state index is 13.0. The van der Waals surface area contributed by atoms with Gasteiger partial charge in [-0.25, -0.2) is 4.99 Å². The fraction of sp³-hybridized carbons (Fsp3) is 0.263. The molecule has 32 heavy (non-hydrogen) atoms. The second-order valence-corrected chi connectivity index (χ2v) is 8.87. The van der Waals surface area contributed by atoms with Gasteiger partial charge in [0.25, 0.3) is 0 Å². The lowest BCUT2D eigenvalue weighted by Gasteiger charge is -2.16. The second-order valence-electron chi connectivity index (χ2n) is 6.42. The minimum Gasteiger partial charge on any atom is -0.469 e. The normalized spacial score (nSPS) is 16.3. The molecule has 0 saturated carbocycles. The molecule has 0 radical (unpaired) electrons. The van der Waals surface area contributed by atoms with Gasteiger partial charge >= 0.3 is 21.6 Å². The topological polar surface area (TPSA) is 107 Å². The molecule has 8 nitrogen and oxygen atoms in total. The van der Waals surface area contributed by atoms with E-state index in [0.29, 0.717) is 15.7 Å². The number of rotatable bonds is 5. The van der Waals surface area contributed by atoms with Crippen LogP contribution in [-0.4, -0.2) is 49.6 Å². The van der Waals surface area contributed by atoms with Gasteiger partial charge < -0.3 is 8.92 Å². The molecule has 1 aromatic heterocycles. The van der Waals surface area contributed by atoms with Gasteiger partial charge in [-0.3, -0.25) is 14.8 Å².